The minimum Gasteiger partial charge on any atom is -0.507 e. The van der Waals surface area contributed by atoms with Gasteiger partial charge in [0, 0.05) is 73.8 Å². The van der Waals surface area contributed by atoms with Crippen LogP contribution in [0.15, 0.2) is 30.3 Å². The monoisotopic (exact) mass is 950 g/mol. The Morgan fingerprint density at radius 3 is 2.25 bits per heavy atom. The first-order chi connectivity index (χ1) is 32.3. The van der Waals surface area contributed by atoms with E-state index < -0.39 is 132 Å². The van der Waals surface area contributed by atoms with E-state index in [2.05, 4.69) is 0 Å². The second-order valence-electron chi connectivity index (χ2n) is 17.0. The van der Waals surface area contributed by atoms with E-state index in [1.807, 2.05) is 0 Å². The molecule has 366 valence electrons. The van der Waals surface area contributed by atoms with Gasteiger partial charge in [-0.3, -0.25) is 28.8 Å². The van der Waals surface area contributed by atoms with Gasteiger partial charge in [-0.05, 0) is 43.4 Å². The lowest BCUT2D eigenvalue weighted by atomic mass is 9.71. The van der Waals surface area contributed by atoms with Crippen LogP contribution in [0.2, 0.25) is 0 Å². The van der Waals surface area contributed by atoms with E-state index in [1.165, 1.54) is 37.3 Å². The summed E-state index contributed by atoms with van der Waals surface area (Å²) in [5, 5.41) is 75.7. The molecule has 21 nitrogen and oxygen atoms in total. The van der Waals surface area contributed by atoms with E-state index in [0.717, 1.165) is 0 Å². The molecule has 6 atom stereocenters. The number of rotatable bonds is 22. The summed E-state index contributed by atoms with van der Waals surface area (Å²) < 4.78 is 27.9. The molecular weight excluding hydrogens is 897 g/mol. The van der Waals surface area contributed by atoms with Crippen LogP contribution in [0.4, 0.5) is 5.69 Å². The van der Waals surface area contributed by atoms with Crippen molar-refractivity contribution in [3.8, 4) is 23.0 Å². The van der Waals surface area contributed by atoms with E-state index in [-0.39, 0.29) is 109 Å². The van der Waals surface area contributed by atoms with Crippen molar-refractivity contribution < 1.29 is 93.0 Å². The number of anilines is 1. The molecule has 0 aromatic heterocycles. The fraction of sp³-hybridized carbons (Fsp3) is 0.468. The van der Waals surface area contributed by atoms with Crippen molar-refractivity contribution in [3.63, 3.8) is 0 Å². The number of ketones is 5. The molecule has 0 bridgehead atoms. The Labute approximate surface area is 388 Å². The summed E-state index contributed by atoms with van der Waals surface area (Å²) in [4.78, 5) is 90.1. The molecule has 1 unspecified atom stereocenters. The van der Waals surface area contributed by atoms with Gasteiger partial charge in [0.25, 0.3) is 5.91 Å². The molecule has 0 saturated carbocycles. The number of nitrogens with two attached hydrogens (primary N) is 2. The van der Waals surface area contributed by atoms with Crippen LogP contribution >= 0.6 is 0 Å². The van der Waals surface area contributed by atoms with E-state index in [9.17, 15) is 69.3 Å². The number of Topliss-reactive ketones (excluding diaryl/α,β-unsaturated/α-hetero) is 3. The molecule has 3 aliphatic rings. The number of carbonyl (C=O) groups is 7. The summed E-state index contributed by atoms with van der Waals surface area (Å²) in [6.07, 6.45) is -5.37. The number of phenols is 3. The highest BCUT2D eigenvalue weighted by molar-refractivity contribution is 6.31. The average molecular weight is 951 g/mol. The number of hydrogen-bond donors (Lipinski definition) is 9. The normalized spacial score (nSPS) is 21.9. The number of aromatic hydroxyl groups is 3. The molecule has 6 rings (SSSR count). The van der Waals surface area contributed by atoms with Gasteiger partial charge in [-0.25, -0.2) is 4.79 Å². The molecule has 21 heteroatoms. The van der Waals surface area contributed by atoms with Gasteiger partial charge in [0.1, 0.15) is 53.2 Å². The van der Waals surface area contributed by atoms with Crippen molar-refractivity contribution >= 4 is 46.5 Å². The van der Waals surface area contributed by atoms with Crippen molar-refractivity contribution in [2.45, 2.75) is 102 Å². The molecule has 1 aliphatic heterocycles. The predicted molar refractivity (Wildman–Crippen MR) is 233 cm³/mol. The van der Waals surface area contributed by atoms with Crippen LogP contribution in [0.5, 0.6) is 23.0 Å². The SMILES string of the molecule is C[C@@H]1OC(O[C@@H]2C[C@](O)(C(=O)CO)Cc3c(O)c4c(c(O)c32)C(=O)c2c(CO)cccc2C4=O)C[C@H](CC(=O)CCCC(=O)CCCOCCOCC(=O)Oc2ccc(N)c(O)c2C(N)=O)[C@@H]1O. The first kappa shape index (κ1) is 51.2. The van der Waals surface area contributed by atoms with Crippen LogP contribution in [0.25, 0.3) is 0 Å². The number of fused-ring (bicyclic) bond motifs is 3. The number of ether oxygens (including phenoxy) is 5. The molecule has 3 aromatic carbocycles. The number of primary amides is 1. The second kappa shape index (κ2) is 21.8. The number of hydrogen-bond acceptors (Lipinski definition) is 20. The van der Waals surface area contributed by atoms with Crippen LogP contribution in [0, 0.1) is 5.92 Å². The Balaban J connectivity index is 0.986. The standard InChI is InChI=1S/C47H54N2O19/c1-22-40(56)24(15-26(53)7-3-6-25(52)8-4-12-64-13-14-65-21-33(55)67-30-11-10-29(48)43(59)37(30)46(49)62)16-34(66-22)68-31-18-47(63,32(54)20-51)17-28-36(31)45(61)39-38(42(28)58)41(57)27-9-2-5-23(19-50)35(27)44(39)60/h2,5,9-11,22,24,31,34,40,50-51,56,58-59,61,63H,3-4,6-8,12-21,48H2,1H3,(H2,49,62)/t22-,24-,31+,34?,40+,47-/m0/s1. The summed E-state index contributed by atoms with van der Waals surface area (Å²) in [6, 6.07) is 6.62. The molecule has 1 heterocycles. The number of nitrogen functional groups attached to an aromatic ring is 1. The zero-order chi connectivity index (χ0) is 49.6. The third-order valence-corrected chi connectivity index (χ3v) is 12.3. The summed E-state index contributed by atoms with van der Waals surface area (Å²) in [5.41, 5.74) is 5.97. The van der Waals surface area contributed by atoms with E-state index >= 15 is 0 Å². The Kier molecular flexibility index (Phi) is 16.5. The molecular formula is C47H54N2O19. The van der Waals surface area contributed by atoms with Crippen LogP contribution in [-0.2, 0) is 51.2 Å². The third kappa shape index (κ3) is 10.9. The quantitative estimate of drug-likeness (QED) is 0.0134. The minimum absolute atomic E-state index is 0.00209. The molecule has 1 amide bonds. The highest BCUT2D eigenvalue weighted by Crippen LogP contribution is 2.52. The maximum Gasteiger partial charge on any atom is 0.337 e. The van der Waals surface area contributed by atoms with Gasteiger partial charge in [0.15, 0.2) is 29.4 Å². The average Bonchev–Trinajstić information content (AvgIpc) is 3.29. The lowest BCUT2D eigenvalue weighted by Gasteiger charge is -2.42. The maximum atomic E-state index is 13.9. The topological polar surface area (TPSA) is 359 Å². The van der Waals surface area contributed by atoms with Crippen molar-refractivity contribution in [3.05, 3.63) is 74.8 Å². The van der Waals surface area contributed by atoms with Gasteiger partial charge in [0.05, 0.1) is 54.9 Å². The van der Waals surface area contributed by atoms with Crippen LogP contribution < -0.4 is 16.2 Å². The minimum atomic E-state index is -2.38. The van der Waals surface area contributed by atoms with Crippen molar-refractivity contribution in [2.24, 2.45) is 11.7 Å². The zero-order valence-electron chi connectivity index (χ0n) is 37.1. The van der Waals surface area contributed by atoms with Gasteiger partial charge in [-0.2, -0.15) is 0 Å². The van der Waals surface area contributed by atoms with Crippen LogP contribution in [0.3, 0.4) is 0 Å². The number of aliphatic hydroxyl groups excluding tert-OH is 3. The Hall–Kier alpha value is -6.17. The molecule has 0 radical (unpaired) electrons. The fourth-order valence-electron chi connectivity index (χ4n) is 8.89. The number of carbonyl (C=O) groups excluding carboxylic acids is 7. The Bertz CT molecular complexity index is 2490. The molecule has 1 fully saturated rings. The van der Waals surface area contributed by atoms with Gasteiger partial charge in [-0.1, -0.05) is 18.2 Å². The highest BCUT2D eigenvalue weighted by Gasteiger charge is 2.50. The number of aliphatic hydroxyl groups is 4. The number of phenolic OH excluding ortho intramolecular Hbond substituents is 2. The smallest absolute Gasteiger partial charge is 0.337 e. The van der Waals surface area contributed by atoms with Gasteiger partial charge in [-0.15, -0.1) is 0 Å². The predicted octanol–water partition coefficient (Wildman–Crippen LogP) is 1.28. The van der Waals surface area contributed by atoms with E-state index in [0.29, 0.717) is 6.42 Å². The molecule has 1 saturated heterocycles. The highest BCUT2D eigenvalue weighted by atomic mass is 16.7. The lowest BCUT2D eigenvalue weighted by Crippen LogP contribution is -2.49. The molecule has 11 N–H and O–H groups in total. The van der Waals surface area contributed by atoms with Crippen molar-refractivity contribution in [2.75, 3.05) is 38.8 Å². The summed E-state index contributed by atoms with van der Waals surface area (Å²) in [6.45, 7) is -0.392. The number of benzene rings is 3. The third-order valence-electron chi connectivity index (χ3n) is 12.3. The molecule has 0 spiro atoms. The van der Waals surface area contributed by atoms with Gasteiger partial charge < -0.3 is 70.9 Å². The van der Waals surface area contributed by atoms with E-state index in [4.69, 9.17) is 35.2 Å². The van der Waals surface area contributed by atoms with Gasteiger partial charge in [0.2, 0.25) is 0 Å². The van der Waals surface area contributed by atoms with Gasteiger partial charge >= 0.3 is 5.97 Å². The molecule has 68 heavy (non-hydrogen) atoms. The number of amides is 1. The number of esters is 1. The molecule has 3 aromatic rings. The Morgan fingerprint density at radius 1 is 0.853 bits per heavy atom. The first-order valence-electron chi connectivity index (χ1n) is 21.9. The summed E-state index contributed by atoms with van der Waals surface area (Å²) in [7, 11) is 0. The van der Waals surface area contributed by atoms with Crippen molar-refractivity contribution in [1.82, 2.24) is 0 Å². The summed E-state index contributed by atoms with van der Waals surface area (Å²) in [5.74, 6) is -8.25. The Morgan fingerprint density at radius 2 is 1.54 bits per heavy atom. The van der Waals surface area contributed by atoms with Crippen molar-refractivity contribution in [1.29, 1.82) is 0 Å². The largest absolute Gasteiger partial charge is 0.507 e. The fourth-order valence-corrected chi connectivity index (χ4v) is 8.89. The molecule has 2 aliphatic carbocycles. The van der Waals surface area contributed by atoms with Crippen LogP contribution in [0.1, 0.15) is 123 Å². The van der Waals surface area contributed by atoms with Crippen LogP contribution in [-0.4, -0.2) is 134 Å². The van der Waals surface area contributed by atoms with E-state index in [1.54, 1.807) is 0 Å². The zero-order valence-corrected chi connectivity index (χ0v) is 37.1. The second-order valence-corrected chi connectivity index (χ2v) is 17.0. The maximum absolute atomic E-state index is 13.9. The first-order valence-corrected chi connectivity index (χ1v) is 21.9. The lowest BCUT2D eigenvalue weighted by molar-refractivity contribution is -0.257. The summed E-state index contributed by atoms with van der Waals surface area (Å²) >= 11 is 0.